The van der Waals surface area contributed by atoms with Gasteiger partial charge in [-0.05, 0) is 30.2 Å². The van der Waals surface area contributed by atoms with Crippen molar-refractivity contribution in [2.45, 2.75) is 6.92 Å². The summed E-state index contributed by atoms with van der Waals surface area (Å²) < 4.78 is 0. The van der Waals surface area contributed by atoms with Crippen LogP contribution in [-0.4, -0.2) is 15.8 Å². The standard InChI is InChI=1S/C18H14N2O/c1-13(21)16-3-2-4-17(11-16)14-5-7-15(8-6-14)18-9-10-19-12-20-18/h2-12H,1H3. The van der Waals surface area contributed by atoms with Crippen molar-refractivity contribution in [3.05, 3.63) is 72.7 Å². The van der Waals surface area contributed by atoms with Crippen molar-refractivity contribution in [2.24, 2.45) is 0 Å². The van der Waals surface area contributed by atoms with E-state index >= 15 is 0 Å². The fraction of sp³-hybridized carbons (Fsp3) is 0.0556. The van der Waals surface area contributed by atoms with Crippen LogP contribution in [0.4, 0.5) is 0 Å². The Hall–Kier alpha value is -2.81. The van der Waals surface area contributed by atoms with Crippen LogP contribution < -0.4 is 0 Å². The number of carbonyl (C=O) groups excluding carboxylic acids is 1. The third kappa shape index (κ3) is 2.87. The van der Waals surface area contributed by atoms with Gasteiger partial charge in [0.2, 0.25) is 0 Å². The van der Waals surface area contributed by atoms with Gasteiger partial charge >= 0.3 is 0 Å². The van der Waals surface area contributed by atoms with Crippen LogP contribution in [-0.2, 0) is 0 Å². The first-order chi connectivity index (χ1) is 10.2. The Labute approximate surface area is 123 Å². The normalized spacial score (nSPS) is 10.3. The molecule has 0 aliphatic rings. The second kappa shape index (κ2) is 5.67. The van der Waals surface area contributed by atoms with Gasteiger partial charge in [0.05, 0.1) is 5.69 Å². The predicted molar refractivity (Wildman–Crippen MR) is 82.9 cm³/mol. The molecule has 0 aliphatic carbocycles. The molecule has 0 radical (unpaired) electrons. The first-order valence-corrected chi connectivity index (χ1v) is 6.72. The molecular formula is C18H14N2O. The molecule has 1 heterocycles. The lowest BCUT2D eigenvalue weighted by Crippen LogP contribution is -1.91. The largest absolute Gasteiger partial charge is 0.295 e. The Balaban J connectivity index is 1.94. The molecule has 3 nitrogen and oxygen atoms in total. The quantitative estimate of drug-likeness (QED) is 0.678. The second-order valence-electron chi connectivity index (χ2n) is 4.81. The Kier molecular flexibility index (Phi) is 3.56. The molecule has 0 saturated heterocycles. The van der Waals surface area contributed by atoms with Crippen LogP contribution in [0.2, 0.25) is 0 Å². The van der Waals surface area contributed by atoms with Crippen molar-refractivity contribution < 1.29 is 4.79 Å². The smallest absolute Gasteiger partial charge is 0.159 e. The molecule has 1 aromatic heterocycles. The van der Waals surface area contributed by atoms with Crippen LogP contribution in [0, 0.1) is 0 Å². The molecule has 0 amide bonds. The molecule has 0 saturated carbocycles. The van der Waals surface area contributed by atoms with E-state index in [9.17, 15) is 4.79 Å². The zero-order valence-corrected chi connectivity index (χ0v) is 11.7. The third-order valence-electron chi connectivity index (χ3n) is 3.37. The van der Waals surface area contributed by atoms with E-state index in [1.165, 1.54) is 0 Å². The average Bonchev–Trinajstić information content (AvgIpc) is 2.56. The molecule has 3 rings (SSSR count). The summed E-state index contributed by atoms with van der Waals surface area (Å²) in [6.45, 7) is 1.58. The monoisotopic (exact) mass is 274 g/mol. The molecule has 21 heavy (non-hydrogen) atoms. The third-order valence-corrected chi connectivity index (χ3v) is 3.37. The van der Waals surface area contributed by atoms with Gasteiger partial charge in [0.1, 0.15) is 6.33 Å². The number of ketones is 1. The average molecular weight is 274 g/mol. The number of rotatable bonds is 3. The molecule has 0 bridgehead atoms. The lowest BCUT2D eigenvalue weighted by molar-refractivity contribution is 0.101. The van der Waals surface area contributed by atoms with E-state index in [0.29, 0.717) is 0 Å². The summed E-state index contributed by atoms with van der Waals surface area (Å²) in [5.41, 5.74) is 4.79. The summed E-state index contributed by atoms with van der Waals surface area (Å²) in [6.07, 6.45) is 3.27. The summed E-state index contributed by atoms with van der Waals surface area (Å²) >= 11 is 0. The van der Waals surface area contributed by atoms with E-state index in [2.05, 4.69) is 9.97 Å². The lowest BCUT2D eigenvalue weighted by atomic mass is 10.00. The minimum absolute atomic E-state index is 0.0782. The lowest BCUT2D eigenvalue weighted by Gasteiger charge is -2.05. The predicted octanol–water partition coefficient (Wildman–Crippen LogP) is 4.01. The summed E-state index contributed by atoms with van der Waals surface area (Å²) in [6, 6.07) is 17.7. The molecule has 0 unspecified atom stereocenters. The highest BCUT2D eigenvalue weighted by atomic mass is 16.1. The minimum Gasteiger partial charge on any atom is -0.295 e. The van der Waals surface area contributed by atoms with Crippen LogP contribution in [0.1, 0.15) is 17.3 Å². The molecule has 0 spiro atoms. The van der Waals surface area contributed by atoms with Crippen LogP contribution in [0.15, 0.2) is 67.1 Å². The van der Waals surface area contributed by atoms with Crippen molar-refractivity contribution in [3.63, 3.8) is 0 Å². The van der Waals surface area contributed by atoms with Gasteiger partial charge in [0.25, 0.3) is 0 Å². The van der Waals surface area contributed by atoms with Crippen molar-refractivity contribution in [3.8, 4) is 22.4 Å². The van der Waals surface area contributed by atoms with Crippen molar-refractivity contribution in [2.75, 3.05) is 0 Å². The number of carbonyl (C=O) groups is 1. The van der Waals surface area contributed by atoms with Gasteiger partial charge in [0, 0.05) is 17.3 Å². The number of hydrogen-bond donors (Lipinski definition) is 0. The second-order valence-corrected chi connectivity index (χ2v) is 4.81. The molecular weight excluding hydrogens is 260 g/mol. The molecule has 0 N–H and O–H groups in total. The summed E-state index contributed by atoms with van der Waals surface area (Å²) in [4.78, 5) is 19.6. The first kappa shape index (κ1) is 13.2. The highest BCUT2D eigenvalue weighted by molar-refractivity contribution is 5.95. The summed E-state index contributed by atoms with van der Waals surface area (Å²) in [5.74, 6) is 0.0782. The van der Waals surface area contributed by atoms with Gasteiger partial charge < -0.3 is 0 Å². The Morgan fingerprint density at radius 1 is 0.905 bits per heavy atom. The SMILES string of the molecule is CC(=O)c1cccc(-c2ccc(-c3ccncn3)cc2)c1. The number of benzene rings is 2. The Morgan fingerprint density at radius 3 is 2.33 bits per heavy atom. The van der Waals surface area contributed by atoms with Gasteiger partial charge in [0.15, 0.2) is 5.78 Å². The number of aromatic nitrogens is 2. The van der Waals surface area contributed by atoms with Gasteiger partial charge in [-0.2, -0.15) is 0 Å². The van der Waals surface area contributed by atoms with Crippen molar-refractivity contribution in [1.82, 2.24) is 9.97 Å². The van der Waals surface area contributed by atoms with E-state index in [0.717, 1.165) is 27.9 Å². The molecule has 3 aromatic rings. The molecule has 3 heteroatoms. The van der Waals surface area contributed by atoms with E-state index in [1.807, 2.05) is 54.6 Å². The maximum absolute atomic E-state index is 11.5. The number of nitrogens with zero attached hydrogens (tertiary/aromatic N) is 2. The van der Waals surface area contributed by atoms with E-state index in [-0.39, 0.29) is 5.78 Å². The highest BCUT2D eigenvalue weighted by Gasteiger charge is 2.04. The summed E-state index contributed by atoms with van der Waals surface area (Å²) in [7, 11) is 0. The zero-order valence-electron chi connectivity index (χ0n) is 11.7. The fourth-order valence-electron chi connectivity index (χ4n) is 2.21. The number of Topliss-reactive ketones (excluding diaryl/α,β-unsaturated/α-hetero) is 1. The van der Waals surface area contributed by atoms with Gasteiger partial charge in [-0.1, -0.05) is 42.5 Å². The fourth-order valence-corrected chi connectivity index (χ4v) is 2.21. The zero-order chi connectivity index (χ0) is 14.7. The Bertz CT molecular complexity index is 765. The molecule has 2 aromatic carbocycles. The summed E-state index contributed by atoms with van der Waals surface area (Å²) in [5, 5.41) is 0. The van der Waals surface area contributed by atoms with Crippen LogP contribution in [0.5, 0.6) is 0 Å². The van der Waals surface area contributed by atoms with E-state index in [1.54, 1.807) is 19.4 Å². The van der Waals surface area contributed by atoms with Crippen LogP contribution in [0.25, 0.3) is 22.4 Å². The molecule has 0 fully saturated rings. The topological polar surface area (TPSA) is 42.9 Å². The number of hydrogen-bond acceptors (Lipinski definition) is 3. The molecule has 0 atom stereocenters. The maximum atomic E-state index is 11.5. The van der Waals surface area contributed by atoms with Gasteiger partial charge in [-0.25, -0.2) is 9.97 Å². The first-order valence-electron chi connectivity index (χ1n) is 6.72. The van der Waals surface area contributed by atoms with E-state index in [4.69, 9.17) is 0 Å². The Morgan fingerprint density at radius 2 is 1.67 bits per heavy atom. The molecule has 0 aliphatic heterocycles. The van der Waals surface area contributed by atoms with Gasteiger partial charge in [-0.3, -0.25) is 4.79 Å². The van der Waals surface area contributed by atoms with E-state index < -0.39 is 0 Å². The van der Waals surface area contributed by atoms with Gasteiger partial charge in [-0.15, -0.1) is 0 Å². The van der Waals surface area contributed by atoms with Crippen LogP contribution >= 0.6 is 0 Å². The highest BCUT2D eigenvalue weighted by Crippen LogP contribution is 2.24. The van der Waals surface area contributed by atoms with Crippen molar-refractivity contribution in [1.29, 1.82) is 0 Å². The van der Waals surface area contributed by atoms with Crippen molar-refractivity contribution >= 4 is 5.78 Å². The van der Waals surface area contributed by atoms with Crippen LogP contribution in [0.3, 0.4) is 0 Å². The molecule has 102 valence electrons. The minimum atomic E-state index is 0.0782. The maximum Gasteiger partial charge on any atom is 0.159 e.